The van der Waals surface area contributed by atoms with Gasteiger partial charge in [0.05, 0.1) is 15.8 Å². The third-order valence-electron chi connectivity index (χ3n) is 4.94. The minimum Gasteiger partial charge on any atom is -0.346 e. The van der Waals surface area contributed by atoms with Crippen LogP contribution in [0.2, 0.25) is 0 Å². The summed E-state index contributed by atoms with van der Waals surface area (Å²) in [5, 5.41) is 2.96. The molecule has 6 heteroatoms. The lowest BCUT2D eigenvalue weighted by atomic mass is 10.1. The molecule has 2 aliphatic rings. The number of thiophene rings is 1. The average molecular weight is 348 g/mol. The van der Waals surface area contributed by atoms with Gasteiger partial charge in [-0.2, -0.15) is 0 Å². The van der Waals surface area contributed by atoms with Gasteiger partial charge in [-0.05, 0) is 31.9 Å². The van der Waals surface area contributed by atoms with Gasteiger partial charge in [0.1, 0.15) is 0 Å². The number of hydrogen-bond donors (Lipinski definition) is 1. The maximum absolute atomic E-state index is 12.3. The number of amides is 2. The number of nitrogens with zero attached hydrogens (tertiary/aromatic N) is 1. The summed E-state index contributed by atoms with van der Waals surface area (Å²) in [6, 6.07) is 3.57. The van der Waals surface area contributed by atoms with Crippen molar-refractivity contribution in [2.45, 2.75) is 64.0 Å². The van der Waals surface area contributed by atoms with Crippen LogP contribution in [-0.2, 0) is 4.79 Å². The number of Topliss-reactive ketones (excluding diaryl/α,β-unsaturated/α-hetero) is 1. The van der Waals surface area contributed by atoms with Gasteiger partial charge in [0.25, 0.3) is 5.91 Å². The Balaban J connectivity index is 1.58. The Bertz CT molecular complexity index is 632. The minimum atomic E-state index is -0.187. The summed E-state index contributed by atoms with van der Waals surface area (Å²) in [5.41, 5.74) is 0. The molecular formula is C18H24N2O3S. The van der Waals surface area contributed by atoms with Gasteiger partial charge >= 0.3 is 0 Å². The van der Waals surface area contributed by atoms with Gasteiger partial charge in [-0.1, -0.05) is 25.7 Å². The van der Waals surface area contributed by atoms with Crippen molar-refractivity contribution in [1.82, 2.24) is 10.2 Å². The van der Waals surface area contributed by atoms with Gasteiger partial charge < -0.3 is 10.2 Å². The van der Waals surface area contributed by atoms with Crippen LogP contribution in [0.15, 0.2) is 12.1 Å². The SMILES string of the molecule is CC(=O)c1ccc(C(=O)NC2CC(=O)N(C3CCCCCC3)C2)s1. The van der Waals surface area contributed by atoms with Crippen LogP contribution in [0.4, 0.5) is 0 Å². The van der Waals surface area contributed by atoms with Gasteiger partial charge in [-0.15, -0.1) is 11.3 Å². The molecule has 130 valence electrons. The summed E-state index contributed by atoms with van der Waals surface area (Å²) < 4.78 is 0. The van der Waals surface area contributed by atoms with Crippen LogP contribution < -0.4 is 5.32 Å². The van der Waals surface area contributed by atoms with E-state index in [9.17, 15) is 14.4 Å². The fourth-order valence-electron chi connectivity index (χ4n) is 3.66. The standard InChI is InChI=1S/C18H24N2O3S/c1-12(21)15-8-9-16(24-15)18(23)19-13-10-17(22)20(11-13)14-6-4-2-3-5-7-14/h8-9,13-14H,2-7,10-11H2,1H3,(H,19,23). The summed E-state index contributed by atoms with van der Waals surface area (Å²) in [7, 11) is 0. The predicted molar refractivity (Wildman–Crippen MR) is 93.4 cm³/mol. The van der Waals surface area contributed by atoms with Gasteiger partial charge in [-0.25, -0.2) is 0 Å². The fourth-order valence-corrected chi connectivity index (χ4v) is 4.46. The van der Waals surface area contributed by atoms with E-state index in [2.05, 4.69) is 5.32 Å². The lowest BCUT2D eigenvalue weighted by Gasteiger charge is -2.27. The molecule has 0 radical (unpaired) electrons. The van der Waals surface area contributed by atoms with Crippen LogP contribution >= 0.6 is 11.3 Å². The molecule has 1 atom stereocenters. The molecule has 1 saturated heterocycles. The number of rotatable bonds is 4. The number of nitrogens with one attached hydrogen (secondary N) is 1. The second kappa shape index (κ2) is 7.47. The first-order chi connectivity index (χ1) is 11.5. The molecule has 2 heterocycles. The molecule has 0 spiro atoms. The van der Waals surface area contributed by atoms with Crippen molar-refractivity contribution in [1.29, 1.82) is 0 Å². The molecule has 2 amide bonds. The smallest absolute Gasteiger partial charge is 0.261 e. The number of hydrogen-bond acceptors (Lipinski definition) is 4. The van der Waals surface area contributed by atoms with E-state index < -0.39 is 0 Å². The van der Waals surface area contributed by atoms with Crippen molar-refractivity contribution >= 4 is 28.9 Å². The molecule has 24 heavy (non-hydrogen) atoms. The predicted octanol–water partition coefficient (Wildman–Crippen LogP) is 3.00. The van der Waals surface area contributed by atoms with E-state index in [-0.39, 0.29) is 23.6 Å². The second-order valence-electron chi connectivity index (χ2n) is 6.79. The molecule has 3 rings (SSSR count). The maximum atomic E-state index is 12.3. The minimum absolute atomic E-state index is 0.0327. The first-order valence-electron chi connectivity index (χ1n) is 8.75. The zero-order valence-electron chi connectivity index (χ0n) is 14.0. The summed E-state index contributed by atoms with van der Waals surface area (Å²) in [6.07, 6.45) is 7.44. The fraction of sp³-hybridized carbons (Fsp3) is 0.611. The Morgan fingerprint density at radius 3 is 2.42 bits per heavy atom. The largest absolute Gasteiger partial charge is 0.346 e. The Morgan fingerprint density at radius 2 is 1.79 bits per heavy atom. The third kappa shape index (κ3) is 3.86. The molecule has 1 aromatic rings. The number of carbonyl (C=O) groups excluding carboxylic acids is 3. The zero-order valence-corrected chi connectivity index (χ0v) is 14.9. The summed E-state index contributed by atoms with van der Waals surface area (Å²) >= 11 is 1.20. The van der Waals surface area contributed by atoms with E-state index in [1.165, 1.54) is 43.9 Å². The van der Waals surface area contributed by atoms with Crippen molar-refractivity contribution in [3.63, 3.8) is 0 Å². The number of likely N-dealkylation sites (tertiary alicyclic amines) is 1. The van der Waals surface area contributed by atoms with Crippen LogP contribution in [0.5, 0.6) is 0 Å². The van der Waals surface area contributed by atoms with E-state index in [0.717, 1.165) is 12.8 Å². The Kier molecular flexibility index (Phi) is 5.33. The molecule has 1 aliphatic carbocycles. The number of ketones is 1. The topological polar surface area (TPSA) is 66.5 Å². The van der Waals surface area contributed by atoms with Crippen molar-refractivity contribution in [3.05, 3.63) is 21.9 Å². The molecular weight excluding hydrogens is 324 g/mol. The summed E-state index contributed by atoms with van der Waals surface area (Å²) in [6.45, 7) is 2.11. The lowest BCUT2D eigenvalue weighted by molar-refractivity contribution is -0.129. The van der Waals surface area contributed by atoms with Crippen LogP contribution in [-0.4, -0.2) is 41.1 Å². The van der Waals surface area contributed by atoms with Gasteiger partial charge in [-0.3, -0.25) is 14.4 Å². The van der Waals surface area contributed by atoms with Gasteiger partial charge in [0.15, 0.2) is 5.78 Å². The van der Waals surface area contributed by atoms with Crippen LogP contribution in [0, 0.1) is 0 Å². The van der Waals surface area contributed by atoms with Crippen molar-refractivity contribution in [2.75, 3.05) is 6.54 Å². The molecule has 1 aliphatic heterocycles. The molecule has 1 aromatic heterocycles. The molecule has 0 aromatic carbocycles. The molecule has 1 N–H and O–H groups in total. The quantitative estimate of drug-likeness (QED) is 0.672. The highest BCUT2D eigenvalue weighted by molar-refractivity contribution is 7.15. The van der Waals surface area contributed by atoms with Crippen molar-refractivity contribution in [2.24, 2.45) is 0 Å². The monoisotopic (exact) mass is 348 g/mol. The van der Waals surface area contributed by atoms with Crippen LogP contribution in [0.25, 0.3) is 0 Å². The van der Waals surface area contributed by atoms with E-state index in [1.807, 2.05) is 4.90 Å². The zero-order chi connectivity index (χ0) is 17.1. The van der Waals surface area contributed by atoms with Crippen molar-refractivity contribution in [3.8, 4) is 0 Å². The Hall–Kier alpha value is -1.69. The molecule has 1 saturated carbocycles. The summed E-state index contributed by atoms with van der Waals surface area (Å²) in [4.78, 5) is 39.1. The molecule has 1 unspecified atom stereocenters. The summed E-state index contributed by atoms with van der Waals surface area (Å²) in [5.74, 6) is -0.0644. The van der Waals surface area contributed by atoms with Gasteiger partial charge in [0, 0.05) is 19.0 Å². The van der Waals surface area contributed by atoms with Crippen molar-refractivity contribution < 1.29 is 14.4 Å². The Labute approximate surface area is 146 Å². The normalized spacial score (nSPS) is 22.5. The Morgan fingerprint density at radius 1 is 1.12 bits per heavy atom. The molecule has 5 nitrogen and oxygen atoms in total. The highest BCUT2D eigenvalue weighted by atomic mass is 32.1. The highest BCUT2D eigenvalue weighted by Gasteiger charge is 2.35. The van der Waals surface area contributed by atoms with Gasteiger partial charge in [0.2, 0.25) is 5.91 Å². The molecule has 0 bridgehead atoms. The third-order valence-corrected chi connectivity index (χ3v) is 6.12. The lowest BCUT2D eigenvalue weighted by Crippen LogP contribution is -2.40. The van der Waals surface area contributed by atoms with E-state index >= 15 is 0 Å². The van der Waals surface area contributed by atoms with Crippen LogP contribution in [0.3, 0.4) is 0 Å². The van der Waals surface area contributed by atoms with E-state index in [1.54, 1.807) is 12.1 Å². The van der Waals surface area contributed by atoms with Crippen LogP contribution in [0.1, 0.15) is 71.2 Å². The first kappa shape index (κ1) is 17.1. The average Bonchev–Trinajstić information content (AvgIpc) is 3.07. The van der Waals surface area contributed by atoms with E-state index in [4.69, 9.17) is 0 Å². The highest BCUT2D eigenvalue weighted by Crippen LogP contribution is 2.26. The molecule has 2 fully saturated rings. The van der Waals surface area contributed by atoms with E-state index in [0.29, 0.717) is 28.8 Å². The maximum Gasteiger partial charge on any atom is 0.261 e. The number of carbonyl (C=O) groups is 3. The first-order valence-corrected chi connectivity index (χ1v) is 9.57. The second-order valence-corrected chi connectivity index (χ2v) is 7.87.